The average Bonchev–Trinajstić information content (AvgIpc) is 2.70. The van der Waals surface area contributed by atoms with E-state index in [9.17, 15) is 14.9 Å². The first-order valence-electron chi connectivity index (χ1n) is 5.56. The summed E-state index contributed by atoms with van der Waals surface area (Å²) in [7, 11) is 0. The zero-order valence-electron chi connectivity index (χ0n) is 10.1. The fourth-order valence-electron chi connectivity index (χ4n) is 1.84. The topological polar surface area (TPSA) is 88.0 Å². The summed E-state index contributed by atoms with van der Waals surface area (Å²) in [5.41, 5.74) is 0.812. The number of H-pyrrole nitrogens is 1. The number of carbonyl (C=O) groups excluding carboxylic acids is 1. The summed E-state index contributed by atoms with van der Waals surface area (Å²) in [6.45, 7) is 3.67. The van der Waals surface area contributed by atoms with Crippen LogP contribution < -0.4 is 5.32 Å². The van der Waals surface area contributed by atoms with E-state index in [-0.39, 0.29) is 17.6 Å². The number of aromatic nitrogens is 1. The summed E-state index contributed by atoms with van der Waals surface area (Å²) >= 11 is 0. The van der Waals surface area contributed by atoms with Crippen molar-refractivity contribution in [2.24, 2.45) is 0 Å². The second-order valence-corrected chi connectivity index (χ2v) is 4.29. The number of hydrogen-bond donors (Lipinski definition) is 2. The van der Waals surface area contributed by atoms with Gasteiger partial charge in [0, 0.05) is 18.3 Å². The predicted octanol–water partition coefficient (Wildman–Crippen LogP) is 2.21. The van der Waals surface area contributed by atoms with E-state index in [0.29, 0.717) is 16.5 Å². The third kappa shape index (κ3) is 2.04. The van der Waals surface area contributed by atoms with E-state index >= 15 is 0 Å². The monoisotopic (exact) mass is 247 g/mol. The van der Waals surface area contributed by atoms with E-state index in [0.717, 1.165) is 0 Å². The van der Waals surface area contributed by atoms with Crippen molar-refractivity contribution in [1.29, 1.82) is 0 Å². The lowest BCUT2D eigenvalue weighted by Gasteiger charge is -2.07. The molecular weight excluding hydrogens is 234 g/mol. The molecule has 0 unspecified atom stereocenters. The van der Waals surface area contributed by atoms with Crippen molar-refractivity contribution in [3.8, 4) is 0 Å². The van der Waals surface area contributed by atoms with Crippen molar-refractivity contribution in [1.82, 2.24) is 10.3 Å². The number of nitro benzene ring substituents is 1. The van der Waals surface area contributed by atoms with Gasteiger partial charge in [-0.05, 0) is 19.9 Å². The number of nitrogens with zero attached hydrogens (tertiary/aromatic N) is 1. The van der Waals surface area contributed by atoms with Crippen molar-refractivity contribution in [2.45, 2.75) is 19.9 Å². The van der Waals surface area contributed by atoms with Crippen LogP contribution in [0.1, 0.15) is 24.2 Å². The number of nitro groups is 1. The summed E-state index contributed by atoms with van der Waals surface area (Å²) in [5.74, 6) is -0.314. The molecule has 18 heavy (non-hydrogen) atoms. The third-order valence-electron chi connectivity index (χ3n) is 2.54. The molecule has 6 heteroatoms. The molecule has 1 heterocycles. The van der Waals surface area contributed by atoms with Gasteiger partial charge in [0.25, 0.3) is 11.6 Å². The number of amides is 1. The van der Waals surface area contributed by atoms with Gasteiger partial charge in [-0.1, -0.05) is 6.07 Å². The van der Waals surface area contributed by atoms with Gasteiger partial charge in [-0.2, -0.15) is 0 Å². The Morgan fingerprint density at radius 2 is 2.17 bits per heavy atom. The van der Waals surface area contributed by atoms with Gasteiger partial charge in [-0.3, -0.25) is 14.9 Å². The number of rotatable bonds is 3. The lowest BCUT2D eigenvalue weighted by molar-refractivity contribution is -0.383. The molecule has 2 rings (SSSR count). The van der Waals surface area contributed by atoms with Crippen molar-refractivity contribution < 1.29 is 9.72 Å². The molecule has 0 aliphatic carbocycles. The predicted molar refractivity (Wildman–Crippen MR) is 67.6 cm³/mol. The highest BCUT2D eigenvalue weighted by atomic mass is 16.6. The van der Waals surface area contributed by atoms with Gasteiger partial charge in [0.2, 0.25) is 0 Å². The van der Waals surface area contributed by atoms with Crippen molar-refractivity contribution >= 4 is 22.5 Å². The lowest BCUT2D eigenvalue weighted by atomic mass is 10.1. The molecule has 0 aliphatic rings. The van der Waals surface area contributed by atoms with Crippen LogP contribution in [0.15, 0.2) is 24.4 Å². The number of benzene rings is 1. The zero-order valence-corrected chi connectivity index (χ0v) is 10.1. The van der Waals surface area contributed by atoms with Gasteiger partial charge >= 0.3 is 0 Å². The number of non-ortho nitro benzene ring substituents is 1. The van der Waals surface area contributed by atoms with Crippen LogP contribution in [0.4, 0.5) is 5.69 Å². The molecule has 1 aromatic carbocycles. The zero-order chi connectivity index (χ0) is 13.3. The van der Waals surface area contributed by atoms with Gasteiger partial charge in [-0.25, -0.2) is 0 Å². The average molecular weight is 247 g/mol. The highest BCUT2D eigenvalue weighted by Gasteiger charge is 2.20. The smallest absolute Gasteiger partial charge is 0.279 e. The summed E-state index contributed by atoms with van der Waals surface area (Å²) in [6.07, 6.45) is 1.50. The molecule has 0 spiro atoms. The second kappa shape index (κ2) is 4.48. The van der Waals surface area contributed by atoms with Gasteiger partial charge in [-0.15, -0.1) is 0 Å². The highest BCUT2D eigenvalue weighted by molar-refractivity contribution is 6.10. The molecule has 0 atom stereocenters. The van der Waals surface area contributed by atoms with Crippen molar-refractivity contribution in [3.05, 3.63) is 40.1 Å². The lowest BCUT2D eigenvalue weighted by Crippen LogP contribution is -2.29. The number of aromatic amines is 1. The molecule has 1 aromatic heterocycles. The minimum absolute atomic E-state index is 0.0229. The second-order valence-electron chi connectivity index (χ2n) is 4.29. The first-order chi connectivity index (χ1) is 8.50. The van der Waals surface area contributed by atoms with E-state index in [1.165, 1.54) is 12.3 Å². The Balaban J connectivity index is 2.58. The van der Waals surface area contributed by atoms with Gasteiger partial charge in [0.1, 0.15) is 0 Å². The third-order valence-corrected chi connectivity index (χ3v) is 2.54. The largest absolute Gasteiger partial charge is 0.360 e. The van der Waals surface area contributed by atoms with Crippen LogP contribution >= 0.6 is 0 Å². The fourth-order valence-corrected chi connectivity index (χ4v) is 1.84. The molecule has 0 radical (unpaired) electrons. The Hall–Kier alpha value is -2.37. The molecule has 6 nitrogen and oxygen atoms in total. The Bertz CT molecular complexity index is 616. The molecule has 2 N–H and O–H groups in total. The number of nitrogens with one attached hydrogen (secondary N) is 2. The Kier molecular flexibility index (Phi) is 3.01. The Morgan fingerprint density at radius 1 is 1.44 bits per heavy atom. The maximum absolute atomic E-state index is 12.0. The molecule has 0 saturated heterocycles. The van der Waals surface area contributed by atoms with Crippen LogP contribution in [0.3, 0.4) is 0 Å². The van der Waals surface area contributed by atoms with E-state index in [1.807, 2.05) is 13.8 Å². The first kappa shape index (κ1) is 12.1. The van der Waals surface area contributed by atoms with Gasteiger partial charge < -0.3 is 10.3 Å². The summed E-state index contributed by atoms with van der Waals surface area (Å²) in [5, 5.41) is 14.0. The Labute approximate surface area is 103 Å². The molecule has 0 fully saturated rings. The summed E-state index contributed by atoms with van der Waals surface area (Å²) in [6, 6.07) is 4.66. The van der Waals surface area contributed by atoms with Crippen LogP contribution in [-0.4, -0.2) is 21.9 Å². The Morgan fingerprint density at radius 3 is 2.78 bits per heavy atom. The standard InChI is InChI=1S/C12H13N3O3/c1-7(2)14-12(16)8-6-13-9-4-3-5-10(11(8)9)15(17)18/h3-7,13H,1-2H3,(H,14,16). The van der Waals surface area contributed by atoms with E-state index in [2.05, 4.69) is 10.3 Å². The van der Waals surface area contributed by atoms with Crippen LogP contribution in [0, 0.1) is 10.1 Å². The minimum atomic E-state index is -0.484. The van der Waals surface area contributed by atoms with E-state index < -0.39 is 4.92 Å². The quantitative estimate of drug-likeness (QED) is 0.643. The molecule has 1 amide bonds. The fraction of sp³-hybridized carbons (Fsp3) is 0.250. The van der Waals surface area contributed by atoms with Crippen LogP contribution in [0.2, 0.25) is 0 Å². The highest BCUT2D eigenvalue weighted by Crippen LogP contribution is 2.28. The van der Waals surface area contributed by atoms with Crippen LogP contribution in [0.25, 0.3) is 10.9 Å². The SMILES string of the molecule is CC(C)NC(=O)c1c[nH]c2cccc([N+](=O)[O-])c12. The normalized spacial score (nSPS) is 10.8. The molecule has 0 bridgehead atoms. The van der Waals surface area contributed by atoms with E-state index in [1.54, 1.807) is 12.1 Å². The first-order valence-corrected chi connectivity index (χ1v) is 5.56. The number of fused-ring (bicyclic) bond motifs is 1. The molecule has 94 valence electrons. The minimum Gasteiger partial charge on any atom is -0.360 e. The number of hydrogen-bond acceptors (Lipinski definition) is 3. The maximum atomic E-state index is 12.0. The van der Waals surface area contributed by atoms with Gasteiger partial charge in [0.05, 0.1) is 21.4 Å². The van der Waals surface area contributed by atoms with Gasteiger partial charge in [0.15, 0.2) is 0 Å². The summed E-state index contributed by atoms with van der Waals surface area (Å²) in [4.78, 5) is 25.3. The summed E-state index contributed by atoms with van der Waals surface area (Å²) < 4.78 is 0. The molecule has 0 saturated carbocycles. The number of carbonyl (C=O) groups is 1. The molecule has 0 aliphatic heterocycles. The van der Waals surface area contributed by atoms with E-state index in [4.69, 9.17) is 0 Å². The van der Waals surface area contributed by atoms with Crippen molar-refractivity contribution in [2.75, 3.05) is 0 Å². The molecule has 2 aromatic rings. The molecular formula is C12H13N3O3. The van der Waals surface area contributed by atoms with Crippen molar-refractivity contribution in [3.63, 3.8) is 0 Å². The maximum Gasteiger partial charge on any atom is 0.279 e. The van der Waals surface area contributed by atoms with Crippen LogP contribution in [0.5, 0.6) is 0 Å². The van der Waals surface area contributed by atoms with Crippen LogP contribution in [-0.2, 0) is 0 Å².